The number of pyridine rings is 1. The fourth-order valence-corrected chi connectivity index (χ4v) is 3.64. The third kappa shape index (κ3) is 4.22. The Morgan fingerprint density at radius 3 is 2.79 bits per heavy atom. The first-order valence-corrected chi connectivity index (χ1v) is 9.15. The summed E-state index contributed by atoms with van der Waals surface area (Å²) in [5.74, 6) is -0.331. The predicted molar refractivity (Wildman–Crippen MR) is 88.6 cm³/mol. The Morgan fingerprint density at radius 2 is 2.17 bits per heavy atom. The molecule has 1 saturated heterocycles. The van der Waals surface area contributed by atoms with E-state index >= 15 is 0 Å². The van der Waals surface area contributed by atoms with E-state index in [1.807, 2.05) is 0 Å². The molecule has 1 N–H and O–H groups in total. The van der Waals surface area contributed by atoms with Crippen LogP contribution in [0.3, 0.4) is 0 Å². The van der Waals surface area contributed by atoms with Crippen LogP contribution in [0.5, 0.6) is 5.75 Å². The number of hydrogen-bond acceptors (Lipinski definition) is 6. The van der Waals surface area contributed by atoms with Gasteiger partial charge >= 0.3 is 0 Å². The number of aromatic nitrogens is 1. The van der Waals surface area contributed by atoms with Crippen LogP contribution in [-0.4, -0.2) is 69.8 Å². The Kier molecular flexibility index (Phi) is 5.79. The van der Waals surface area contributed by atoms with Crippen LogP contribution in [0.15, 0.2) is 12.3 Å². The molecule has 2 rings (SSSR count). The van der Waals surface area contributed by atoms with Gasteiger partial charge in [-0.05, 0) is 13.0 Å². The molecule has 2 heterocycles. The summed E-state index contributed by atoms with van der Waals surface area (Å²) in [5.41, 5.74) is 1.06. The fraction of sp³-hybridized carbons (Fsp3) is 0.600. The van der Waals surface area contributed by atoms with Crippen LogP contribution in [0, 0.1) is 12.8 Å². The summed E-state index contributed by atoms with van der Waals surface area (Å²) in [6.07, 6.45) is 1.49. The molecule has 1 amide bonds. The number of nitrogens with zero attached hydrogens (tertiary/aromatic N) is 2. The van der Waals surface area contributed by atoms with E-state index in [0.29, 0.717) is 23.6 Å². The maximum atomic E-state index is 12.5. The maximum Gasteiger partial charge on any atom is 0.255 e. The molecule has 1 aromatic rings. The zero-order chi connectivity index (χ0) is 17.9. The minimum Gasteiger partial charge on any atom is -0.494 e. The highest BCUT2D eigenvalue weighted by atomic mass is 32.2. The number of rotatable bonds is 6. The molecule has 9 heteroatoms. The molecular weight excluding hydrogens is 334 g/mol. The van der Waals surface area contributed by atoms with Crippen molar-refractivity contribution in [3.05, 3.63) is 23.5 Å². The maximum absolute atomic E-state index is 12.5. The Bertz CT molecular complexity index is 705. The van der Waals surface area contributed by atoms with Gasteiger partial charge < -0.3 is 14.8 Å². The van der Waals surface area contributed by atoms with Gasteiger partial charge in [-0.2, -0.15) is 0 Å². The normalized spacial score (nSPS) is 21.0. The molecule has 0 unspecified atom stereocenters. The molecule has 0 radical (unpaired) electrons. The van der Waals surface area contributed by atoms with Crippen molar-refractivity contribution in [3.8, 4) is 5.75 Å². The lowest BCUT2D eigenvalue weighted by atomic mass is 10.1. The second-order valence-corrected chi connectivity index (χ2v) is 8.19. The summed E-state index contributed by atoms with van der Waals surface area (Å²) >= 11 is 0. The predicted octanol–water partition coefficient (Wildman–Crippen LogP) is 0.0348. The van der Waals surface area contributed by atoms with Crippen molar-refractivity contribution in [1.82, 2.24) is 14.6 Å². The number of hydrogen-bond donors (Lipinski definition) is 1. The average molecular weight is 357 g/mol. The highest BCUT2D eigenvalue weighted by Crippen LogP contribution is 2.21. The van der Waals surface area contributed by atoms with Gasteiger partial charge in [0, 0.05) is 25.7 Å². The zero-order valence-corrected chi connectivity index (χ0v) is 15.1. The monoisotopic (exact) mass is 357 g/mol. The molecule has 24 heavy (non-hydrogen) atoms. The molecule has 0 spiro atoms. The van der Waals surface area contributed by atoms with Crippen LogP contribution in [-0.2, 0) is 14.8 Å². The first-order chi connectivity index (χ1) is 11.2. The van der Waals surface area contributed by atoms with Crippen LogP contribution in [0.2, 0.25) is 0 Å². The molecule has 134 valence electrons. The van der Waals surface area contributed by atoms with E-state index in [1.54, 1.807) is 13.0 Å². The minimum atomic E-state index is -3.37. The third-order valence-corrected chi connectivity index (χ3v) is 5.93. The first-order valence-electron chi connectivity index (χ1n) is 7.54. The number of ether oxygens (including phenoxy) is 2. The van der Waals surface area contributed by atoms with Gasteiger partial charge in [0.25, 0.3) is 5.91 Å². The first kappa shape index (κ1) is 18.6. The molecule has 0 saturated carbocycles. The standard InChI is InChI=1S/C15H23N3O5S/c1-10-5-12(14(22-4)6-16-10)15(19)17-13-8-23-7-11(13)9-24(20,21)18(2)3/h5-6,11,13H,7-9H2,1-4H3,(H,17,19)/t11-,13+/m0/s1. The average Bonchev–Trinajstić information content (AvgIpc) is 2.93. The number of sulfonamides is 1. The van der Waals surface area contributed by atoms with E-state index < -0.39 is 10.0 Å². The van der Waals surface area contributed by atoms with Crippen LogP contribution in [0.25, 0.3) is 0 Å². The van der Waals surface area contributed by atoms with Gasteiger partial charge in [-0.15, -0.1) is 0 Å². The van der Waals surface area contributed by atoms with E-state index in [2.05, 4.69) is 10.3 Å². The van der Waals surface area contributed by atoms with Crippen LogP contribution in [0.1, 0.15) is 16.1 Å². The molecule has 8 nitrogen and oxygen atoms in total. The summed E-state index contributed by atoms with van der Waals surface area (Å²) in [7, 11) is 1.08. The number of methoxy groups -OCH3 is 1. The summed E-state index contributed by atoms with van der Waals surface area (Å²) in [5, 5.41) is 2.85. The van der Waals surface area contributed by atoms with Gasteiger partial charge in [-0.1, -0.05) is 0 Å². The summed E-state index contributed by atoms with van der Waals surface area (Å²) in [6, 6.07) is 1.26. The van der Waals surface area contributed by atoms with E-state index in [9.17, 15) is 13.2 Å². The van der Waals surface area contributed by atoms with E-state index in [0.717, 1.165) is 0 Å². The van der Waals surface area contributed by atoms with Crippen molar-refractivity contribution in [2.45, 2.75) is 13.0 Å². The number of aryl methyl sites for hydroxylation is 1. The number of carbonyl (C=O) groups excluding carboxylic acids is 1. The zero-order valence-electron chi connectivity index (χ0n) is 14.3. The molecule has 0 bridgehead atoms. The quantitative estimate of drug-likeness (QED) is 0.772. The molecule has 1 aliphatic rings. The van der Waals surface area contributed by atoms with Gasteiger partial charge in [0.1, 0.15) is 5.75 Å². The third-order valence-electron chi connectivity index (χ3n) is 3.96. The van der Waals surface area contributed by atoms with Gasteiger partial charge in [0.2, 0.25) is 10.0 Å². The van der Waals surface area contributed by atoms with Crippen molar-refractivity contribution in [1.29, 1.82) is 0 Å². The Balaban J connectivity index is 2.12. The number of nitrogens with one attached hydrogen (secondary N) is 1. The van der Waals surface area contributed by atoms with Gasteiger partial charge in [-0.3, -0.25) is 9.78 Å². The number of carbonyl (C=O) groups is 1. The highest BCUT2D eigenvalue weighted by Gasteiger charge is 2.34. The molecule has 2 atom stereocenters. The van der Waals surface area contributed by atoms with E-state index in [4.69, 9.17) is 9.47 Å². The molecule has 1 fully saturated rings. The molecular formula is C15H23N3O5S. The Morgan fingerprint density at radius 1 is 1.46 bits per heavy atom. The Hall–Kier alpha value is -1.71. The van der Waals surface area contributed by atoms with E-state index in [-0.39, 0.29) is 30.2 Å². The number of amides is 1. The Labute approximate surface area is 142 Å². The van der Waals surface area contributed by atoms with Gasteiger partial charge in [0.15, 0.2) is 0 Å². The smallest absolute Gasteiger partial charge is 0.255 e. The van der Waals surface area contributed by atoms with Crippen LogP contribution < -0.4 is 10.1 Å². The van der Waals surface area contributed by atoms with Crippen molar-refractivity contribution in [2.24, 2.45) is 5.92 Å². The van der Waals surface area contributed by atoms with Crippen LogP contribution in [0.4, 0.5) is 0 Å². The lowest BCUT2D eigenvalue weighted by Gasteiger charge is -2.21. The van der Waals surface area contributed by atoms with Crippen molar-refractivity contribution >= 4 is 15.9 Å². The topological polar surface area (TPSA) is 97.8 Å². The van der Waals surface area contributed by atoms with E-state index in [1.165, 1.54) is 31.7 Å². The van der Waals surface area contributed by atoms with Crippen molar-refractivity contribution in [2.75, 3.05) is 40.2 Å². The molecule has 1 aliphatic heterocycles. The minimum absolute atomic E-state index is 0.0720. The van der Waals surface area contributed by atoms with Crippen molar-refractivity contribution < 1.29 is 22.7 Å². The highest BCUT2D eigenvalue weighted by molar-refractivity contribution is 7.89. The summed E-state index contributed by atoms with van der Waals surface area (Å²) in [6.45, 7) is 2.36. The van der Waals surface area contributed by atoms with Gasteiger partial charge in [0.05, 0.1) is 43.9 Å². The summed E-state index contributed by atoms with van der Waals surface area (Å²) in [4.78, 5) is 16.6. The molecule has 1 aromatic heterocycles. The lowest BCUT2D eigenvalue weighted by molar-refractivity contribution is 0.0922. The second kappa shape index (κ2) is 7.45. The second-order valence-electron chi connectivity index (χ2n) is 5.96. The van der Waals surface area contributed by atoms with Crippen molar-refractivity contribution in [3.63, 3.8) is 0 Å². The summed E-state index contributed by atoms with van der Waals surface area (Å²) < 4.78 is 35.8. The lowest BCUT2D eigenvalue weighted by Crippen LogP contribution is -2.43. The largest absolute Gasteiger partial charge is 0.494 e. The van der Waals surface area contributed by atoms with Gasteiger partial charge in [-0.25, -0.2) is 12.7 Å². The molecule has 0 aromatic carbocycles. The molecule has 0 aliphatic carbocycles. The fourth-order valence-electron chi connectivity index (χ4n) is 2.48. The SMILES string of the molecule is COc1cnc(C)cc1C(=O)N[C@@H]1COC[C@H]1CS(=O)(=O)N(C)C. The van der Waals surface area contributed by atoms with Crippen LogP contribution >= 0.6 is 0 Å².